The van der Waals surface area contributed by atoms with Crippen molar-refractivity contribution in [1.82, 2.24) is 14.8 Å². The summed E-state index contributed by atoms with van der Waals surface area (Å²) in [6.45, 7) is 0.814. The SMILES string of the molecule is Cc1c(N(CC(=O)N/N=C\c2c(F)cccc2Cl)S(=O)(=O)c2ccccc2)c(=O)n(-c2ccccc2)n1C. The third kappa shape index (κ3) is 5.24. The lowest BCUT2D eigenvalue weighted by Crippen LogP contribution is -2.42. The highest BCUT2D eigenvalue weighted by molar-refractivity contribution is 7.92. The van der Waals surface area contributed by atoms with Crippen molar-refractivity contribution in [3.63, 3.8) is 0 Å². The molecule has 0 bridgehead atoms. The maximum absolute atomic E-state index is 14.0. The minimum Gasteiger partial charge on any atom is -0.283 e. The van der Waals surface area contributed by atoms with Crippen LogP contribution in [0.1, 0.15) is 11.3 Å². The molecule has 1 heterocycles. The van der Waals surface area contributed by atoms with Crippen molar-refractivity contribution in [3.8, 4) is 5.69 Å². The standard InChI is InChI=1S/C26H23ClFN5O4S/c1-18-25(26(35)33(31(18)2)19-10-5-3-6-11-19)32(38(36,37)20-12-7-4-8-13-20)17-24(34)30-29-16-21-22(27)14-9-15-23(21)28/h3-16H,17H2,1-2H3,(H,30,34)/b29-16-. The Morgan fingerprint density at radius 1 is 1.05 bits per heavy atom. The van der Waals surface area contributed by atoms with Gasteiger partial charge in [0.15, 0.2) is 0 Å². The van der Waals surface area contributed by atoms with Gasteiger partial charge in [0, 0.05) is 12.6 Å². The number of aromatic nitrogens is 2. The number of anilines is 1. The van der Waals surface area contributed by atoms with Gasteiger partial charge in [-0.05, 0) is 43.3 Å². The molecular weight excluding hydrogens is 533 g/mol. The smallest absolute Gasteiger partial charge is 0.283 e. The molecule has 196 valence electrons. The van der Waals surface area contributed by atoms with Gasteiger partial charge in [0.05, 0.1) is 27.5 Å². The van der Waals surface area contributed by atoms with E-state index in [1.54, 1.807) is 50.4 Å². The summed E-state index contributed by atoms with van der Waals surface area (Å²) in [5, 5.41) is 3.80. The number of benzene rings is 3. The minimum absolute atomic E-state index is 0.0483. The highest BCUT2D eigenvalue weighted by Gasteiger charge is 2.33. The van der Waals surface area contributed by atoms with E-state index in [9.17, 15) is 22.4 Å². The Labute approximate surface area is 223 Å². The molecule has 0 spiro atoms. The predicted molar refractivity (Wildman–Crippen MR) is 144 cm³/mol. The molecule has 1 aromatic heterocycles. The van der Waals surface area contributed by atoms with Gasteiger partial charge in [-0.15, -0.1) is 0 Å². The summed E-state index contributed by atoms with van der Waals surface area (Å²) in [6, 6.07) is 20.2. The van der Waals surface area contributed by atoms with E-state index in [1.165, 1.54) is 51.8 Å². The summed E-state index contributed by atoms with van der Waals surface area (Å²) >= 11 is 5.97. The molecule has 0 radical (unpaired) electrons. The fourth-order valence-electron chi connectivity index (χ4n) is 3.81. The van der Waals surface area contributed by atoms with Crippen LogP contribution in [0.5, 0.6) is 0 Å². The first-order valence-corrected chi connectivity index (χ1v) is 13.1. The van der Waals surface area contributed by atoms with Crippen LogP contribution in [0.3, 0.4) is 0 Å². The van der Waals surface area contributed by atoms with Crippen LogP contribution in [0.4, 0.5) is 10.1 Å². The fraction of sp³-hybridized carbons (Fsp3) is 0.115. The monoisotopic (exact) mass is 555 g/mol. The highest BCUT2D eigenvalue weighted by atomic mass is 35.5. The van der Waals surface area contributed by atoms with Gasteiger partial charge in [-0.1, -0.05) is 54.1 Å². The molecule has 38 heavy (non-hydrogen) atoms. The van der Waals surface area contributed by atoms with Crippen molar-refractivity contribution in [2.75, 3.05) is 10.8 Å². The van der Waals surface area contributed by atoms with Crippen molar-refractivity contribution >= 4 is 39.4 Å². The predicted octanol–water partition coefficient (Wildman–Crippen LogP) is 3.62. The van der Waals surface area contributed by atoms with E-state index in [1.807, 2.05) is 0 Å². The number of hydrogen-bond acceptors (Lipinski definition) is 5. The molecule has 4 rings (SSSR count). The van der Waals surface area contributed by atoms with Gasteiger partial charge in [0.25, 0.3) is 21.5 Å². The van der Waals surface area contributed by atoms with E-state index in [2.05, 4.69) is 10.5 Å². The van der Waals surface area contributed by atoms with Gasteiger partial charge in [-0.3, -0.25) is 14.3 Å². The first-order valence-electron chi connectivity index (χ1n) is 11.3. The van der Waals surface area contributed by atoms with Crippen molar-refractivity contribution < 1.29 is 17.6 Å². The van der Waals surface area contributed by atoms with E-state index in [0.717, 1.165) is 10.5 Å². The Kier molecular flexibility index (Phi) is 7.79. The van der Waals surface area contributed by atoms with Crippen LogP contribution < -0.4 is 15.3 Å². The largest absolute Gasteiger partial charge is 0.296 e. The van der Waals surface area contributed by atoms with Crippen molar-refractivity contribution in [3.05, 3.63) is 111 Å². The van der Waals surface area contributed by atoms with Gasteiger partial charge in [0.1, 0.15) is 18.0 Å². The lowest BCUT2D eigenvalue weighted by atomic mass is 10.2. The third-order valence-corrected chi connectivity index (χ3v) is 7.86. The summed E-state index contributed by atoms with van der Waals surface area (Å²) in [5.41, 5.74) is 2.13. The first kappa shape index (κ1) is 26.8. The fourth-order valence-corrected chi connectivity index (χ4v) is 5.52. The zero-order valence-electron chi connectivity index (χ0n) is 20.4. The van der Waals surface area contributed by atoms with Crippen LogP contribution in [-0.4, -0.2) is 36.4 Å². The van der Waals surface area contributed by atoms with Crippen LogP contribution in [-0.2, 0) is 21.9 Å². The van der Waals surface area contributed by atoms with Gasteiger partial charge in [0.2, 0.25) is 0 Å². The van der Waals surface area contributed by atoms with Gasteiger partial charge in [-0.25, -0.2) is 27.2 Å². The van der Waals surface area contributed by atoms with E-state index in [-0.39, 0.29) is 21.2 Å². The van der Waals surface area contributed by atoms with Crippen molar-refractivity contribution in [2.24, 2.45) is 12.1 Å². The van der Waals surface area contributed by atoms with Crippen LogP contribution in [0.25, 0.3) is 5.69 Å². The average molecular weight is 556 g/mol. The van der Waals surface area contributed by atoms with E-state index in [4.69, 9.17) is 11.6 Å². The molecule has 9 nitrogen and oxygen atoms in total. The Morgan fingerprint density at radius 2 is 1.68 bits per heavy atom. The summed E-state index contributed by atoms with van der Waals surface area (Å²) < 4.78 is 45.0. The average Bonchev–Trinajstić information content (AvgIpc) is 3.12. The van der Waals surface area contributed by atoms with E-state index in [0.29, 0.717) is 11.4 Å². The molecule has 1 amide bonds. The second-order valence-corrected chi connectivity index (χ2v) is 10.4. The summed E-state index contributed by atoms with van der Waals surface area (Å²) in [4.78, 5) is 26.4. The number of halogens is 2. The molecule has 0 aliphatic rings. The van der Waals surface area contributed by atoms with Gasteiger partial charge >= 0.3 is 0 Å². The maximum atomic E-state index is 14.0. The molecule has 0 saturated heterocycles. The number of amides is 1. The van der Waals surface area contributed by atoms with Crippen LogP contribution >= 0.6 is 11.6 Å². The molecule has 0 saturated carbocycles. The number of hydrogen-bond donors (Lipinski definition) is 1. The molecular formula is C26H23ClFN5O4S. The van der Waals surface area contributed by atoms with Crippen molar-refractivity contribution in [2.45, 2.75) is 11.8 Å². The minimum atomic E-state index is -4.36. The molecule has 0 aliphatic heterocycles. The number of rotatable bonds is 8. The van der Waals surface area contributed by atoms with E-state index >= 15 is 0 Å². The summed E-state index contributed by atoms with van der Waals surface area (Å²) in [6.07, 6.45) is 1.02. The number of hydrazone groups is 1. The topological polar surface area (TPSA) is 106 Å². The molecule has 0 unspecified atom stereocenters. The van der Waals surface area contributed by atoms with Crippen molar-refractivity contribution in [1.29, 1.82) is 0 Å². The van der Waals surface area contributed by atoms with Crippen LogP contribution in [0.2, 0.25) is 5.02 Å². The number of carbonyl (C=O) groups is 1. The number of carbonyl (C=O) groups excluding carboxylic acids is 1. The molecule has 4 aromatic rings. The number of sulfonamides is 1. The van der Waals surface area contributed by atoms with Crippen LogP contribution in [0.15, 0.2) is 93.7 Å². The zero-order chi connectivity index (χ0) is 27.4. The summed E-state index contributed by atoms with van der Waals surface area (Å²) in [7, 11) is -2.74. The normalized spacial score (nSPS) is 11.6. The second kappa shape index (κ2) is 11.0. The lowest BCUT2D eigenvalue weighted by Gasteiger charge is -2.22. The Morgan fingerprint density at radius 3 is 2.32 bits per heavy atom. The van der Waals surface area contributed by atoms with Gasteiger partial charge < -0.3 is 0 Å². The Balaban J connectivity index is 1.75. The maximum Gasteiger partial charge on any atom is 0.296 e. The highest BCUT2D eigenvalue weighted by Crippen LogP contribution is 2.25. The summed E-state index contributed by atoms with van der Waals surface area (Å²) in [5.74, 6) is -1.51. The number of para-hydroxylation sites is 1. The van der Waals surface area contributed by atoms with Gasteiger partial charge in [-0.2, -0.15) is 5.10 Å². The third-order valence-electron chi connectivity index (χ3n) is 5.77. The Bertz CT molecular complexity index is 1650. The zero-order valence-corrected chi connectivity index (χ0v) is 21.9. The first-order chi connectivity index (χ1) is 18.1. The molecule has 0 atom stereocenters. The van der Waals surface area contributed by atoms with E-state index < -0.39 is 33.9 Å². The molecule has 1 N–H and O–H groups in total. The number of nitrogens with one attached hydrogen (secondary N) is 1. The quantitative estimate of drug-likeness (QED) is 0.265. The molecule has 0 aliphatic carbocycles. The second-order valence-electron chi connectivity index (χ2n) is 8.16. The molecule has 3 aromatic carbocycles. The Hall–Kier alpha value is -4.22. The molecule has 12 heteroatoms. The number of nitrogens with zero attached hydrogens (tertiary/aromatic N) is 4. The molecule has 0 fully saturated rings. The van der Waals surface area contributed by atoms with Crippen LogP contribution in [0, 0.1) is 12.7 Å². The lowest BCUT2D eigenvalue weighted by molar-refractivity contribution is -0.119.